The van der Waals surface area contributed by atoms with Gasteiger partial charge in [0.05, 0.1) is 5.57 Å². The first-order valence-corrected chi connectivity index (χ1v) is 11.3. The largest absolute Gasteiger partial charge is 0.349 e. The van der Waals surface area contributed by atoms with Crippen molar-refractivity contribution in [1.82, 2.24) is 14.5 Å². The number of likely N-dealkylation sites (tertiary alicyclic amines) is 1. The zero-order valence-corrected chi connectivity index (χ0v) is 18.4. The van der Waals surface area contributed by atoms with Crippen molar-refractivity contribution in [1.29, 1.82) is 5.41 Å². The van der Waals surface area contributed by atoms with Gasteiger partial charge in [0.2, 0.25) is 5.17 Å². The molecule has 0 spiro atoms. The molecule has 1 saturated heterocycles. The van der Waals surface area contributed by atoms with Crippen LogP contribution >= 0.6 is 11.8 Å². The Kier molecular flexibility index (Phi) is 5.02. The number of hydrazone groups is 1. The quantitative estimate of drug-likeness (QED) is 0.748. The van der Waals surface area contributed by atoms with E-state index in [1.807, 2.05) is 25.1 Å². The van der Waals surface area contributed by atoms with Gasteiger partial charge in [-0.05, 0) is 61.7 Å². The number of carbonyl (C=O) groups is 1. The number of hydrogen-bond donors (Lipinski definition) is 1. The Morgan fingerprint density at radius 3 is 2.61 bits per heavy atom. The zero-order valence-electron chi connectivity index (χ0n) is 17.6. The number of benzene rings is 1. The predicted molar refractivity (Wildman–Crippen MR) is 125 cm³/mol. The van der Waals surface area contributed by atoms with Crippen molar-refractivity contribution in [3.8, 4) is 0 Å². The molecule has 7 nitrogen and oxygen atoms in total. The van der Waals surface area contributed by atoms with Crippen molar-refractivity contribution in [3.05, 3.63) is 64.5 Å². The van der Waals surface area contributed by atoms with Gasteiger partial charge in [0.25, 0.3) is 5.91 Å². The van der Waals surface area contributed by atoms with Gasteiger partial charge in [-0.2, -0.15) is 10.0 Å². The first-order valence-electron chi connectivity index (χ1n) is 10.5. The van der Waals surface area contributed by atoms with Gasteiger partial charge < -0.3 is 9.47 Å². The van der Waals surface area contributed by atoms with Crippen molar-refractivity contribution < 1.29 is 4.79 Å². The number of aliphatic imine (C=N–C) groups is 1. The highest BCUT2D eigenvalue weighted by Gasteiger charge is 2.37. The molecule has 0 bridgehead atoms. The molecule has 0 radical (unpaired) electrons. The fraction of sp³-hybridized carbons (Fsp3) is 0.304. The number of fused-ring (bicyclic) bond motifs is 1. The van der Waals surface area contributed by atoms with Crippen molar-refractivity contribution in [2.45, 2.75) is 33.2 Å². The van der Waals surface area contributed by atoms with Crippen molar-refractivity contribution in [2.75, 3.05) is 13.1 Å². The van der Waals surface area contributed by atoms with Gasteiger partial charge in [-0.25, -0.2) is 0 Å². The van der Waals surface area contributed by atoms with Crippen molar-refractivity contribution >= 4 is 39.9 Å². The van der Waals surface area contributed by atoms with Crippen LogP contribution in [0.15, 0.2) is 52.1 Å². The van der Waals surface area contributed by atoms with Gasteiger partial charge in [0, 0.05) is 31.0 Å². The van der Waals surface area contributed by atoms with Crippen LogP contribution < -0.4 is 0 Å². The Morgan fingerprint density at radius 2 is 1.87 bits per heavy atom. The molecule has 0 aliphatic carbocycles. The summed E-state index contributed by atoms with van der Waals surface area (Å²) in [5.41, 5.74) is 4.59. The van der Waals surface area contributed by atoms with Crippen molar-refractivity contribution in [3.63, 3.8) is 0 Å². The van der Waals surface area contributed by atoms with Crippen LogP contribution in [0.5, 0.6) is 0 Å². The van der Waals surface area contributed by atoms with Gasteiger partial charge >= 0.3 is 0 Å². The minimum absolute atomic E-state index is 0.0876. The number of hydrogen-bond acceptors (Lipinski definition) is 5. The second kappa shape index (κ2) is 7.85. The Hall–Kier alpha value is -3.13. The number of nitrogens with one attached hydrogen (secondary N) is 1. The van der Waals surface area contributed by atoms with Crippen LogP contribution in [0.1, 0.15) is 35.4 Å². The van der Waals surface area contributed by atoms with E-state index in [1.54, 1.807) is 6.08 Å². The van der Waals surface area contributed by atoms with E-state index in [9.17, 15) is 4.79 Å². The monoisotopic (exact) mass is 432 g/mol. The summed E-state index contributed by atoms with van der Waals surface area (Å²) in [7, 11) is 0. The zero-order chi connectivity index (χ0) is 21.5. The van der Waals surface area contributed by atoms with E-state index in [1.165, 1.54) is 22.3 Å². The highest BCUT2D eigenvalue weighted by molar-refractivity contribution is 8.26. The highest BCUT2D eigenvalue weighted by Crippen LogP contribution is 2.31. The molecule has 1 amide bonds. The maximum Gasteiger partial charge on any atom is 0.283 e. The fourth-order valence-electron chi connectivity index (χ4n) is 4.16. The third kappa shape index (κ3) is 3.61. The normalized spacial score (nSPS) is 19.9. The Labute approximate surface area is 185 Å². The molecule has 0 atom stereocenters. The highest BCUT2D eigenvalue weighted by atomic mass is 32.2. The summed E-state index contributed by atoms with van der Waals surface area (Å²) in [6.45, 7) is 6.80. The van der Waals surface area contributed by atoms with E-state index in [4.69, 9.17) is 5.41 Å². The second-order valence-electron chi connectivity index (χ2n) is 7.99. The summed E-state index contributed by atoms with van der Waals surface area (Å²) in [6, 6.07) is 12.4. The summed E-state index contributed by atoms with van der Waals surface area (Å²) >= 11 is 1.38. The molecule has 1 N–H and O–H groups in total. The third-order valence-corrected chi connectivity index (χ3v) is 6.89. The molecule has 0 unspecified atom stereocenters. The predicted octanol–water partition coefficient (Wildman–Crippen LogP) is 3.83. The molecule has 0 saturated carbocycles. The first kappa shape index (κ1) is 19.8. The molecule has 3 aliphatic heterocycles. The molecule has 3 aliphatic rings. The number of rotatable bonds is 3. The molecular formula is C23H24N6OS. The number of thioether (sulfide) groups is 1. The van der Waals surface area contributed by atoms with E-state index in [-0.39, 0.29) is 17.3 Å². The van der Waals surface area contributed by atoms with Gasteiger partial charge in [-0.15, -0.1) is 5.10 Å². The van der Waals surface area contributed by atoms with Crippen molar-refractivity contribution in [2.24, 2.45) is 10.1 Å². The summed E-state index contributed by atoms with van der Waals surface area (Å²) in [5.74, 6) is -0.293. The summed E-state index contributed by atoms with van der Waals surface area (Å²) in [5, 5.41) is 16.0. The first-order chi connectivity index (χ1) is 15.0. The van der Waals surface area contributed by atoms with E-state index >= 15 is 0 Å². The smallest absolute Gasteiger partial charge is 0.283 e. The lowest BCUT2D eigenvalue weighted by molar-refractivity contribution is -0.114. The van der Waals surface area contributed by atoms with Crippen LogP contribution in [0.3, 0.4) is 0 Å². The summed E-state index contributed by atoms with van der Waals surface area (Å²) in [4.78, 5) is 19.2. The van der Waals surface area contributed by atoms with Crippen LogP contribution in [-0.2, 0) is 11.3 Å². The van der Waals surface area contributed by atoms with E-state index in [2.05, 4.69) is 44.7 Å². The number of aromatic nitrogens is 1. The number of amidine groups is 3. The second-order valence-corrected chi connectivity index (χ2v) is 8.93. The maximum atomic E-state index is 12.8. The van der Waals surface area contributed by atoms with Crippen LogP contribution in [-0.4, -0.2) is 49.6 Å². The topological polar surface area (TPSA) is 77.1 Å². The minimum Gasteiger partial charge on any atom is -0.349 e. The van der Waals surface area contributed by atoms with Gasteiger partial charge in [-0.3, -0.25) is 10.2 Å². The number of carbonyl (C=O) groups excluding carboxylic acids is 1. The SMILES string of the molecule is Cc1cc(/C=C2\C(=N)N3N=C(N4CCCC4)SC3=NC2=O)c(C)n1Cc1ccccc1. The maximum absolute atomic E-state index is 12.8. The molecular weight excluding hydrogens is 408 g/mol. The fourth-order valence-corrected chi connectivity index (χ4v) is 5.10. The lowest BCUT2D eigenvalue weighted by Gasteiger charge is -2.20. The van der Waals surface area contributed by atoms with E-state index < -0.39 is 0 Å². The Balaban J connectivity index is 1.44. The van der Waals surface area contributed by atoms with Crippen LogP contribution in [0, 0.1) is 19.3 Å². The van der Waals surface area contributed by atoms with Gasteiger partial charge in [-0.1, -0.05) is 30.3 Å². The molecule has 1 aromatic carbocycles. The third-order valence-electron chi connectivity index (χ3n) is 5.92. The van der Waals surface area contributed by atoms with Crippen LogP contribution in [0.2, 0.25) is 0 Å². The summed E-state index contributed by atoms with van der Waals surface area (Å²) < 4.78 is 2.22. The average Bonchev–Trinajstić information content (AvgIpc) is 3.48. The molecule has 5 rings (SSSR count). The van der Waals surface area contributed by atoms with Gasteiger partial charge in [0.15, 0.2) is 11.0 Å². The molecule has 158 valence electrons. The lowest BCUT2D eigenvalue weighted by atomic mass is 10.1. The number of nitrogens with zero attached hydrogens (tertiary/aromatic N) is 5. The van der Waals surface area contributed by atoms with E-state index in [0.717, 1.165) is 54.6 Å². The standard InChI is InChI=1S/C23H24N6OS/c1-15-12-18(16(2)28(15)14-17-8-4-3-5-9-17)13-19-20(24)29-22(25-21(19)30)31-23(26-29)27-10-6-7-11-27/h3-5,8-9,12-13,24H,6-7,10-11,14H2,1-2H3/b19-13+,24-20?. The number of aryl methyl sites for hydroxylation is 1. The molecule has 1 fully saturated rings. The Morgan fingerprint density at radius 1 is 1.13 bits per heavy atom. The van der Waals surface area contributed by atoms with Crippen LogP contribution in [0.4, 0.5) is 0 Å². The minimum atomic E-state index is -0.380. The molecule has 8 heteroatoms. The molecule has 1 aromatic heterocycles. The number of amides is 1. The molecule has 31 heavy (non-hydrogen) atoms. The summed E-state index contributed by atoms with van der Waals surface area (Å²) in [6.07, 6.45) is 4.07. The molecule has 2 aromatic rings. The molecule has 4 heterocycles. The lowest BCUT2D eigenvalue weighted by Crippen LogP contribution is -2.35. The van der Waals surface area contributed by atoms with Crippen LogP contribution in [0.25, 0.3) is 6.08 Å². The van der Waals surface area contributed by atoms with Gasteiger partial charge in [0.1, 0.15) is 0 Å². The average molecular weight is 433 g/mol. The van der Waals surface area contributed by atoms with E-state index in [0.29, 0.717) is 5.17 Å². The Bertz CT molecular complexity index is 1150.